The fourth-order valence-electron chi connectivity index (χ4n) is 4.71. The molecular formula is C36H37NS. The van der Waals surface area contributed by atoms with E-state index in [0.29, 0.717) is 0 Å². The summed E-state index contributed by atoms with van der Waals surface area (Å²) < 4.78 is 0. The lowest BCUT2D eigenvalue weighted by molar-refractivity contribution is 0.590. The topological polar surface area (TPSA) is 3.24 Å². The Hall–Kier alpha value is -3.62. The van der Waals surface area contributed by atoms with E-state index < -0.39 is 0 Å². The van der Waals surface area contributed by atoms with Crippen LogP contribution < -0.4 is 4.90 Å². The van der Waals surface area contributed by atoms with Crippen molar-refractivity contribution in [2.75, 3.05) is 4.90 Å². The van der Waals surface area contributed by atoms with Crippen LogP contribution in [-0.2, 0) is 10.8 Å². The maximum Gasteiger partial charge on any atom is 0.0462 e. The molecule has 0 radical (unpaired) electrons. The Morgan fingerprint density at radius 2 is 0.921 bits per heavy atom. The molecule has 0 aliphatic heterocycles. The molecule has 0 unspecified atom stereocenters. The lowest BCUT2D eigenvalue weighted by Crippen LogP contribution is -2.14. The van der Waals surface area contributed by atoms with E-state index in [1.165, 1.54) is 32.7 Å². The molecule has 1 heterocycles. The van der Waals surface area contributed by atoms with Gasteiger partial charge in [-0.3, -0.25) is 0 Å². The molecule has 1 aromatic heterocycles. The van der Waals surface area contributed by atoms with Crippen LogP contribution >= 0.6 is 11.3 Å². The predicted octanol–water partition coefficient (Wildman–Crippen LogP) is 11.1. The molecule has 0 spiro atoms. The van der Waals surface area contributed by atoms with E-state index in [2.05, 4.69) is 161 Å². The van der Waals surface area contributed by atoms with E-state index in [1.807, 2.05) is 0 Å². The Kier molecular flexibility index (Phi) is 7.03. The van der Waals surface area contributed by atoms with E-state index in [0.717, 1.165) is 17.1 Å². The summed E-state index contributed by atoms with van der Waals surface area (Å²) in [5.74, 6) is 0. The molecule has 192 valence electrons. The fourth-order valence-corrected chi connectivity index (χ4v) is 5.64. The third kappa shape index (κ3) is 5.61. The molecule has 5 rings (SSSR count). The summed E-state index contributed by atoms with van der Waals surface area (Å²) in [5, 5.41) is 2.25. The standard InChI is InChI=1S/C36H37NS/c1-35(2,3)29-14-20-32(21-15-29)37(33-22-16-30(17-23-33)36(4,5)6)31-18-12-27(13-19-31)34-24-28(25-38-34)26-10-8-7-9-11-26/h7-25H,1-6H3. The second-order valence-electron chi connectivity index (χ2n) is 12.0. The van der Waals surface area contributed by atoms with Crippen molar-refractivity contribution in [3.05, 3.63) is 126 Å². The molecule has 0 aliphatic carbocycles. The van der Waals surface area contributed by atoms with E-state index in [1.54, 1.807) is 11.3 Å². The lowest BCUT2D eigenvalue weighted by atomic mass is 9.86. The smallest absolute Gasteiger partial charge is 0.0462 e. The minimum absolute atomic E-state index is 0.124. The van der Waals surface area contributed by atoms with Crippen LogP contribution in [0.4, 0.5) is 17.1 Å². The normalized spacial score (nSPS) is 11.9. The number of rotatable bonds is 5. The minimum Gasteiger partial charge on any atom is -0.311 e. The van der Waals surface area contributed by atoms with E-state index in [-0.39, 0.29) is 10.8 Å². The van der Waals surface area contributed by atoms with Gasteiger partial charge in [0.15, 0.2) is 0 Å². The molecule has 0 saturated heterocycles. The zero-order chi connectivity index (χ0) is 26.9. The predicted molar refractivity (Wildman–Crippen MR) is 167 cm³/mol. The van der Waals surface area contributed by atoms with Gasteiger partial charge in [0.05, 0.1) is 0 Å². The number of benzene rings is 4. The Balaban J connectivity index is 1.50. The molecule has 4 aromatic carbocycles. The molecule has 0 fully saturated rings. The second-order valence-corrected chi connectivity index (χ2v) is 13.0. The molecule has 1 nitrogen and oxygen atoms in total. The first kappa shape index (κ1) is 26.0. The highest BCUT2D eigenvalue weighted by Crippen LogP contribution is 2.39. The number of thiophene rings is 1. The van der Waals surface area contributed by atoms with Crippen LogP contribution in [0, 0.1) is 0 Å². The van der Waals surface area contributed by atoms with Gasteiger partial charge in [0.25, 0.3) is 0 Å². The molecule has 5 aromatic rings. The van der Waals surface area contributed by atoms with Crippen LogP contribution in [0.15, 0.2) is 115 Å². The maximum atomic E-state index is 2.35. The van der Waals surface area contributed by atoms with Gasteiger partial charge in [-0.1, -0.05) is 108 Å². The van der Waals surface area contributed by atoms with E-state index in [9.17, 15) is 0 Å². The summed E-state index contributed by atoms with van der Waals surface area (Å²) in [6.07, 6.45) is 0. The van der Waals surface area contributed by atoms with Gasteiger partial charge < -0.3 is 4.90 Å². The highest BCUT2D eigenvalue weighted by atomic mass is 32.1. The van der Waals surface area contributed by atoms with Gasteiger partial charge in [0.1, 0.15) is 0 Å². The monoisotopic (exact) mass is 515 g/mol. The zero-order valence-electron chi connectivity index (χ0n) is 23.3. The SMILES string of the molecule is CC(C)(C)c1ccc(N(c2ccc(-c3cc(-c4ccccc4)cs3)cc2)c2ccc(C(C)(C)C)cc2)cc1. The number of nitrogens with zero attached hydrogens (tertiary/aromatic N) is 1. The van der Waals surface area contributed by atoms with E-state index >= 15 is 0 Å². The highest BCUT2D eigenvalue weighted by molar-refractivity contribution is 7.14. The van der Waals surface area contributed by atoms with Gasteiger partial charge in [-0.05, 0) is 86.5 Å². The third-order valence-electron chi connectivity index (χ3n) is 7.10. The Morgan fingerprint density at radius 3 is 1.37 bits per heavy atom. The van der Waals surface area contributed by atoms with Crippen molar-refractivity contribution < 1.29 is 0 Å². The van der Waals surface area contributed by atoms with Crippen molar-refractivity contribution in [3.63, 3.8) is 0 Å². The second kappa shape index (κ2) is 10.3. The average Bonchev–Trinajstić information content (AvgIpc) is 3.40. The van der Waals surface area contributed by atoms with Crippen LogP contribution in [0.2, 0.25) is 0 Å². The molecule has 0 atom stereocenters. The molecule has 38 heavy (non-hydrogen) atoms. The summed E-state index contributed by atoms with van der Waals surface area (Å²) >= 11 is 1.80. The van der Waals surface area contributed by atoms with Crippen LogP contribution in [0.5, 0.6) is 0 Å². The fraction of sp³-hybridized carbons (Fsp3) is 0.222. The van der Waals surface area contributed by atoms with Crippen LogP contribution in [0.1, 0.15) is 52.7 Å². The van der Waals surface area contributed by atoms with Crippen LogP contribution in [0.3, 0.4) is 0 Å². The molecule has 0 aliphatic rings. The molecule has 0 bridgehead atoms. The van der Waals surface area contributed by atoms with Crippen molar-refractivity contribution in [3.8, 4) is 21.6 Å². The van der Waals surface area contributed by atoms with Gasteiger partial charge in [-0.2, -0.15) is 0 Å². The lowest BCUT2D eigenvalue weighted by Gasteiger charge is -2.28. The van der Waals surface area contributed by atoms with E-state index in [4.69, 9.17) is 0 Å². The molecule has 0 amide bonds. The zero-order valence-corrected chi connectivity index (χ0v) is 24.1. The van der Waals surface area contributed by atoms with Gasteiger partial charge in [0, 0.05) is 21.9 Å². The van der Waals surface area contributed by atoms with Gasteiger partial charge in [-0.25, -0.2) is 0 Å². The number of hydrogen-bond donors (Lipinski definition) is 0. The number of hydrogen-bond acceptors (Lipinski definition) is 2. The Labute approximate surface area is 232 Å². The average molecular weight is 516 g/mol. The number of anilines is 3. The first-order chi connectivity index (χ1) is 18.1. The van der Waals surface area contributed by atoms with Gasteiger partial charge >= 0.3 is 0 Å². The quantitative estimate of drug-likeness (QED) is 0.225. The van der Waals surface area contributed by atoms with Crippen molar-refractivity contribution in [1.29, 1.82) is 0 Å². The first-order valence-corrected chi connectivity index (χ1v) is 14.2. The minimum atomic E-state index is 0.124. The maximum absolute atomic E-state index is 2.35. The molecule has 2 heteroatoms. The van der Waals surface area contributed by atoms with Crippen molar-refractivity contribution in [2.45, 2.75) is 52.4 Å². The van der Waals surface area contributed by atoms with Gasteiger partial charge in [-0.15, -0.1) is 11.3 Å². The Bertz CT molecular complexity index is 1420. The van der Waals surface area contributed by atoms with Crippen molar-refractivity contribution in [2.24, 2.45) is 0 Å². The summed E-state index contributed by atoms with van der Waals surface area (Å²) in [6, 6.07) is 39.9. The third-order valence-corrected chi connectivity index (χ3v) is 8.08. The first-order valence-electron chi connectivity index (χ1n) is 13.4. The molecule has 0 saturated carbocycles. The summed E-state index contributed by atoms with van der Waals surface area (Å²) in [5.41, 5.74) is 10.2. The molecule has 0 N–H and O–H groups in total. The van der Waals surface area contributed by atoms with Crippen LogP contribution in [-0.4, -0.2) is 0 Å². The largest absolute Gasteiger partial charge is 0.311 e. The summed E-state index contributed by atoms with van der Waals surface area (Å²) in [6.45, 7) is 13.6. The van der Waals surface area contributed by atoms with Crippen LogP contribution in [0.25, 0.3) is 21.6 Å². The summed E-state index contributed by atoms with van der Waals surface area (Å²) in [4.78, 5) is 3.64. The molecular weight excluding hydrogens is 478 g/mol. The summed E-state index contributed by atoms with van der Waals surface area (Å²) in [7, 11) is 0. The van der Waals surface area contributed by atoms with Crippen molar-refractivity contribution >= 4 is 28.4 Å². The van der Waals surface area contributed by atoms with Crippen molar-refractivity contribution in [1.82, 2.24) is 0 Å². The highest BCUT2D eigenvalue weighted by Gasteiger charge is 2.18. The van der Waals surface area contributed by atoms with Gasteiger partial charge in [0.2, 0.25) is 0 Å². The Morgan fingerprint density at radius 1 is 0.474 bits per heavy atom.